The van der Waals surface area contributed by atoms with Crippen molar-refractivity contribution in [1.29, 1.82) is 0 Å². The molecule has 0 bridgehead atoms. The summed E-state index contributed by atoms with van der Waals surface area (Å²) in [4.78, 5) is 22.3. The summed E-state index contributed by atoms with van der Waals surface area (Å²) in [5, 5.41) is 14.8. The Hall–Kier alpha value is -4.71. The van der Waals surface area contributed by atoms with Crippen molar-refractivity contribution in [2.24, 2.45) is 5.92 Å². The topological polar surface area (TPSA) is 119 Å². The second kappa shape index (κ2) is 14.4. The van der Waals surface area contributed by atoms with Crippen LogP contribution in [0.25, 0.3) is 0 Å². The van der Waals surface area contributed by atoms with Crippen LogP contribution in [0.4, 0.5) is 30.6 Å². The molecular formula is C33H35F3N6O3. The number of nitrogens with one attached hydrogen (secondary N) is 1. The number of nitrogens with two attached hydrogens (primary N) is 1. The average Bonchev–Trinajstić information content (AvgIpc) is 3.01. The molecular weight excluding hydrogens is 585 g/mol. The number of benzene rings is 3. The van der Waals surface area contributed by atoms with E-state index < -0.39 is 11.3 Å². The molecule has 45 heavy (non-hydrogen) atoms. The fourth-order valence-electron chi connectivity index (χ4n) is 5.93. The van der Waals surface area contributed by atoms with E-state index in [1.165, 1.54) is 29.3 Å². The third kappa shape index (κ3) is 8.91. The molecule has 3 N–H and O–H groups in total. The van der Waals surface area contributed by atoms with Gasteiger partial charge in [0.05, 0.1) is 4.92 Å². The quantitative estimate of drug-likeness (QED) is 0.125. The number of rotatable bonds is 12. The van der Waals surface area contributed by atoms with Crippen molar-refractivity contribution in [3.8, 4) is 5.75 Å². The lowest BCUT2D eigenvalue weighted by Gasteiger charge is -2.37. The Morgan fingerprint density at radius 1 is 0.889 bits per heavy atom. The number of ether oxygens (including phenoxy) is 1. The zero-order valence-electron chi connectivity index (χ0n) is 24.6. The van der Waals surface area contributed by atoms with E-state index in [2.05, 4.69) is 49.2 Å². The number of hydrogen-bond acceptors (Lipinski definition) is 8. The predicted octanol–water partition coefficient (Wildman–Crippen LogP) is 7.28. The van der Waals surface area contributed by atoms with E-state index in [1.54, 1.807) is 6.07 Å². The molecule has 3 aromatic carbocycles. The van der Waals surface area contributed by atoms with Gasteiger partial charge in [0.1, 0.15) is 11.4 Å². The van der Waals surface area contributed by atoms with E-state index in [-0.39, 0.29) is 46.9 Å². The minimum Gasteiger partial charge on any atom is -0.405 e. The van der Waals surface area contributed by atoms with Crippen molar-refractivity contribution in [3.05, 3.63) is 117 Å². The average molecular weight is 621 g/mol. The fraction of sp³-hybridized carbons (Fsp3) is 0.333. The zero-order valence-corrected chi connectivity index (χ0v) is 24.6. The first-order valence-corrected chi connectivity index (χ1v) is 14.8. The molecule has 236 valence electrons. The standard InChI is InChI=1S/C33H35F3N6O3/c34-33(35,36)45-29-14-8-7-13-26(29)20-38-32-39-28(30(42(43)44)31(37)40-32)19-23-15-17-27(18-16-23)41(21-24-9-3-1-4-10-24)22-25-11-5-2-6-12-25/h1-14,23,27H,15-22H2,(H3,37,38,39,40)/t23-,27-. The third-order valence-corrected chi connectivity index (χ3v) is 8.07. The Bertz CT molecular complexity index is 1520. The fourth-order valence-corrected chi connectivity index (χ4v) is 5.93. The zero-order chi connectivity index (χ0) is 31.8. The summed E-state index contributed by atoms with van der Waals surface area (Å²) in [6, 6.07) is 26.8. The largest absolute Gasteiger partial charge is 0.573 e. The first-order valence-electron chi connectivity index (χ1n) is 14.8. The van der Waals surface area contributed by atoms with Crippen LogP contribution >= 0.6 is 0 Å². The number of alkyl halides is 3. The number of nitrogens with zero attached hydrogens (tertiary/aromatic N) is 4. The van der Waals surface area contributed by atoms with Crippen LogP contribution in [0.1, 0.15) is 48.1 Å². The summed E-state index contributed by atoms with van der Waals surface area (Å²) in [5.41, 5.74) is 8.59. The lowest BCUT2D eigenvalue weighted by atomic mass is 9.82. The second-order valence-electron chi connectivity index (χ2n) is 11.2. The van der Waals surface area contributed by atoms with Gasteiger partial charge in [-0.2, -0.15) is 4.98 Å². The van der Waals surface area contributed by atoms with Gasteiger partial charge in [-0.1, -0.05) is 78.9 Å². The molecule has 1 aromatic heterocycles. The highest BCUT2D eigenvalue weighted by Crippen LogP contribution is 2.35. The second-order valence-corrected chi connectivity index (χ2v) is 11.2. The Balaban J connectivity index is 1.27. The van der Waals surface area contributed by atoms with Gasteiger partial charge in [0, 0.05) is 31.2 Å². The molecule has 1 heterocycles. The molecule has 12 heteroatoms. The van der Waals surface area contributed by atoms with E-state index in [0.29, 0.717) is 12.5 Å². The number of hydrogen-bond donors (Lipinski definition) is 2. The van der Waals surface area contributed by atoms with Crippen LogP contribution < -0.4 is 15.8 Å². The summed E-state index contributed by atoms with van der Waals surface area (Å²) in [7, 11) is 0. The molecule has 4 aromatic rings. The number of aromatic nitrogens is 2. The number of anilines is 2. The molecule has 0 radical (unpaired) electrons. The highest BCUT2D eigenvalue weighted by atomic mass is 19.4. The van der Waals surface area contributed by atoms with Gasteiger partial charge in [0.25, 0.3) is 0 Å². The summed E-state index contributed by atoms with van der Waals surface area (Å²) < 4.78 is 42.7. The van der Waals surface area contributed by atoms with Crippen molar-refractivity contribution < 1.29 is 22.8 Å². The van der Waals surface area contributed by atoms with Crippen LogP contribution in [0.5, 0.6) is 5.75 Å². The normalized spacial score (nSPS) is 16.8. The molecule has 0 amide bonds. The lowest BCUT2D eigenvalue weighted by molar-refractivity contribution is -0.385. The van der Waals surface area contributed by atoms with Crippen LogP contribution in [0, 0.1) is 16.0 Å². The van der Waals surface area contributed by atoms with Crippen molar-refractivity contribution in [1.82, 2.24) is 14.9 Å². The Kier molecular flexibility index (Phi) is 10.1. The van der Waals surface area contributed by atoms with Crippen molar-refractivity contribution >= 4 is 17.5 Å². The van der Waals surface area contributed by atoms with Crippen LogP contribution in [0.3, 0.4) is 0 Å². The Labute approximate surface area is 259 Å². The van der Waals surface area contributed by atoms with Crippen LogP contribution in [-0.4, -0.2) is 32.2 Å². The molecule has 0 aliphatic heterocycles. The van der Waals surface area contributed by atoms with E-state index in [9.17, 15) is 23.3 Å². The van der Waals surface area contributed by atoms with Gasteiger partial charge in [-0.3, -0.25) is 15.0 Å². The smallest absolute Gasteiger partial charge is 0.405 e. The van der Waals surface area contributed by atoms with Gasteiger partial charge >= 0.3 is 12.0 Å². The third-order valence-electron chi connectivity index (χ3n) is 8.07. The molecule has 5 rings (SSSR count). The number of halogens is 3. The maximum atomic E-state index is 12.8. The molecule has 1 aliphatic rings. The summed E-state index contributed by atoms with van der Waals surface area (Å²) in [5.74, 6) is -0.505. The van der Waals surface area contributed by atoms with Gasteiger partial charge < -0.3 is 15.8 Å². The molecule has 0 spiro atoms. The molecule has 1 fully saturated rings. The van der Waals surface area contributed by atoms with E-state index >= 15 is 0 Å². The Morgan fingerprint density at radius 3 is 2.04 bits per heavy atom. The Morgan fingerprint density at radius 2 is 1.47 bits per heavy atom. The highest BCUT2D eigenvalue weighted by molar-refractivity contribution is 5.58. The van der Waals surface area contributed by atoms with Crippen molar-refractivity contribution in [3.63, 3.8) is 0 Å². The number of nitro groups is 1. The van der Waals surface area contributed by atoms with Gasteiger partial charge in [0.15, 0.2) is 0 Å². The van der Waals surface area contributed by atoms with Gasteiger partial charge in [-0.15, -0.1) is 13.2 Å². The lowest BCUT2D eigenvalue weighted by Crippen LogP contribution is -2.37. The van der Waals surface area contributed by atoms with Crippen LogP contribution in [0.2, 0.25) is 0 Å². The maximum absolute atomic E-state index is 12.8. The SMILES string of the molecule is Nc1nc(NCc2ccccc2OC(F)(F)F)nc(C[C@H]2CC[C@H](N(Cc3ccccc3)Cc3ccccc3)CC2)c1[N+](=O)[O-]. The predicted molar refractivity (Wildman–Crippen MR) is 165 cm³/mol. The van der Waals surface area contributed by atoms with E-state index in [4.69, 9.17) is 5.73 Å². The van der Waals surface area contributed by atoms with Crippen molar-refractivity contribution in [2.45, 2.75) is 64.1 Å². The number of nitrogen functional groups attached to an aromatic ring is 1. The minimum absolute atomic E-state index is 0.000458. The highest BCUT2D eigenvalue weighted by Gasteiger charge is 2.32. The van der Waals surface area contributed by atoms with Crippen LogP contribution in [-0.2, 0) is 26.1 Å². The van der Waals surface area contributed by atoms with E-state index in [1.807, 2.05) is 36.4 Å². The monoisotopic (exact) mass is 620 g/mol. The van der Waals surface area contributed by atoms with Gasteiger partial charge in [-0.25, -0.2) is 4.98 Å². The first-order chi connectivity index (χ1) is 21.6. The van der Waals surface area contributed by atoms with Crippen molar-refractivity contribution in [2.75, 3.05) is 11.1 Å². The molecule has 1 aliphatic carbocycles. The van der Waals surface area contributed by atoms with Gasteiger partial charge in [0.2, 0.25) is 11.8 Å². The molecule has 0 unspecified atom stereocenters. The molecule has 1 saturated carbocycles. The summed E-state index contributed by atoms with van der Waals surface area (Å²) >= 11 is 0. The van der Waals surface area contributed by atoms with Gasteiger partial charge in [-0.05, 0) is 55.2 Å². The maximum Gasteiger partial charge on any atom is 0.573 e. The first kappa shape index (κ1) is 31.7. The molecule has 0 atom stereocenters. The molecule has 9 nitrogen and oxygen atoms in total. The molecule has 0 saturated heterocycles. The van der Waals surface area contributed by atoms with E-state index in [0.717, 1.165) is 38.8 Å². The number of para-hydroxylation sites is 1. The summed E-state index contributed by atoms with van der Waals surface area (Å²) in [6.07, 6.45) is -0.931. The van der Waals surface area contributed by atoms with Crippen LogP contribution in [0.15, 0.2) is 84.9 Å². The minimum atomic E-state index is -4.85. The summed E-state index contributed by atoms with van der Waals surface area (Å²) in [6.45, 7) is 1.54.